The standard InChI is InChI=1S/C15H23N3O2/c1-4-9-18-13-8-6-5-7-12(13)17-14(18)10-16-11-15(19-2)20-3/h5-8,15-16H,4,9-11H2,1-3H3. The summed E-state index contributed by atoms with van der Waals surface area (Å²) in [7, 11) is 3.28. The Bertz CT molecular complexity index is 535. The first kappa shape index (κ1) is 15.0. The molecular weight excluding hydrogens is 254 g/mol. The van der Waals surface area contributed by atoms with Crippen LogP contribution in [0.5, 0.6) is 0 Å². The summed E-state index contributed by atoms with van der Waals surface area (Å²) in [6.07, 6.45) is 0.866. The third-order valence-corrected chi connectivity index (χ3v) is 3.30. The number of imidazole rings is 1. The molecule has 2 aromatic rings. The van der Waals surface area contributed by atoms with Gasteiger partial charge in [0, 0.05) is 27.3 Å². The maximum absolute atomic E-state index is 5.16. The van der Waals surface area contributed by atoms with Crippen molar-refractivity contribution in [3.63, 3.8) is 0 Å². The highest BCUT2D eigenvalue weighted by Crippen LogP contribution is 2.16. The summed E-state index contributed by atoms with van der Waals surface area (Å²) in [6.45, 7) is 4.51. The molecule has 0 aliphatic heterocycles. The number of fused-ring (bicyclic) bond motifs is 1. The Balaban J connectivity index is 2.10. The first-order valence-corrected chi connectivity index (χ1v) is 7.00. The van der Waals surface area contributed by atoms with Crippen molar-refractivity contribution < 1.29 is 9.47 Å². The lowest BCUT2D eigenvalue weighted by atomic mass is 10.3. The van der Waals surface area contributed by atoms with Crippen LogP contribution in [-0.4, -0.2) is 36.6 Å². The van der Waals surface area contributed by atoms with Crippen molar-refractivity contribution >= 4 is 11.0 Å². The maximum atomic E-state index is 5.16. The number of para-hydroxylation sites is 2. The van der Waals surface area contributed by atoms with E-state index in [9.17, 15) is 0 Å². The second-order valence-electron chi connectivity index (χ2n) is 4.70. The van der Waals surface area contributed by atoms with Crippen molar-refractivity contribution in [1.29, 1.82) is 0 Å². The van der Waals surface area contributed by atoms with Gasteiger partial charge in [0.05, 0.1) is 17.6 Å². The lowest BCUT2D eigenvalue weighted by molar-refractivity contribution is -0.0989. The molecular formula is C15H23N3O2. The predicted octanol–water partition coefficient (Wildman–Crippen LogP) is 2.15. The summed E-state index contributed by atoms with van der Waals surface area (Å²) < 4.78 is 12.6. The van der Waals surface area contributed by atoms with Crippen molar-refractivity contribution in [2.75, 3.05) is 20.8 Å². The molecule has 0 saturated heterocycles. The Morgan fingerprint density at radius 2 is 2.00 bits per heavy atom. The van der Waals surface area contributed by atoms with Gasteiger partial charge in [-0.3, -0.25) is 0 Å². The number of methoxy groups -OCH3 is 2. The van der Waals surface area contributed by atoms with Gasteiger partial charge in [-0.25, -0.2) is 4.98 Å². The van der Waals surface area contributed by atoms with E-state index >= 15 is 0 Å². The van der Waals surface area contributed by atoms with Crippen molar-refractivity contribution in [1.82, 2.24) is 14.9 Å². The molecule has 0 unspecified atom stereocenters. The SMILES string of the molecule is CCCn1c(CNCC(OC)OC)nc2ccccc21. The number of nitrogens with zero attached hydrogens (tertiary/aromatic N) is 2. The Hall–Kier alpha value is -1.43. The summed E-state index contributed by atoms with van der Waals surface area (Å²) in [4.78, 5) is 4.70. The van der Waals surface area contributed by atoms with Gasteiger partial charge >= 0.3 is 0 Å². The van der Waals surface area contributed by atoms with Crippen molar-refractivity contribution in [2.24, 2.45) is 0 Å². The van der Waals surface area contributed by atoms with Gasteiger partial charge in [-0.15, -0.1) is 0 Å². The second-order valence-corrected chi connectivity index (χ2v) is 4.70. The molecule has 0 radical (unpaired) electrons. The van der Waals surface area contributed by atoms with Crippen LogP contribution >= 0.6 is 0 Å². The zero-order valence-corrected chi connectivity index (χ0v) is 12.4. The molecule has 1 heterocycles. The Labute approximate surface area is 119 Å². The molecule has 0 atom stereocenters. The fourth-order valence-corrected chi connectivity index (χ4v) is 2.30. The van der Waals surface area contributed by atoms with E-state index in [4.69, 9.17) is 14.5 Å². The molecule has 0 spiro atoms. The van der Waals surface area contributed by atoms with Crippen LogP contribution in [0.3, 0.4) is 0 Å². The highest BCUT2D eigenvalue weighted by Gasteiger charge is 2.10. The number of ether oxygens (including phenoxy) is 2. The number of hydrogen-bond donors (Lipinski definition) is 1. The third-order valence-electron chi connectivity index (χ3n) is 3.30. The molecule has 0 aliphatic carbocycles. The fourth-order valence-electron chi connectivity index (χ4n) is 2.30. The summed E-state index contributed by atoms with van der Waals surface area (Å²) in [6, 6.07) is 8.25. The van der Waals surface area contributed by atoms with E-state index < -0.39 is 0 Å². The number of nitrogens with one attached hydrogen (secondary N) is 1. The van der Waals surface area contributed by atoms with E-state index in [2.05, 4.69) is 35.0 Å². The Kier molecular flexibility index (Phi) is 5.52. The predicted molar refractivity (Wildman–Crippen MR) is 79.5 cm³/mol. The van der Waals surface area contributed by atoms with Gasteiger partial charge in [-0.1, -0.05) is 19.1 Å². The minimum atomic E-state index is -0.223. The molecule has 0 aliphatic rings. The van der Waals surface area contributed by atoms with Crippen LogP contribution in [0, 0.1) is 0 Å². The molecule has 1 aromatic heterocycles. The van der Waals surface area contributed by atoms with Crippen LogP contribution in [0.25, 0.3) is 11.0 Å². The summed E-state index contributed by atoms with van der Waals surface area (Å²) in [5, 5.41) is 3.33. The van der Waals surface area contributed by atoms with E-state index in [0.717, 1.165) is 24.3 Å². The van der Waals surface area contributed by atoms with E-state index in [1.54, 1.807) is 14.2 Å². The Morgan fingerprint density at radius 1 is 1.25 bits per heavy atom. The third kappa shape index (κ3) is 3.36. The lowest BCUT2D eigenvalue weighted by Crippen LogP contribution is -2.30. The van der Waals surface area contributed by atoms with Crippen LogP contribution in [0.2, 0.25) is 0 Å². The number of aromatic nitrogens is 2. The molecule has 0 saturated carbocycles. The van der Waals surface area contributed by atoms with E-state index in [-0.39, 0.29) is 6.29 Å². The van der Waals surface area contributed by atoms with Gasteiger partial charge in [0.2, 0.25) is 0 Å². The number of rotatable bonds is 8. The zero-order valence-electron chi connectivity index (χ0n) is 12.4. The Morgan fingerprint density at radius 3 is 2.70 bits per heavy atom. The van der Waals surface area contributed by atoms with Gasteiger partial charge in [0.25, 0.3) is 0 Å². The molecule has 0 amide bonds. The molecule has 5 nitrogen and oxygen atoms in total. The van der Waals surface area contributed by atoms with Gasteiger partial charge in [-0.05, 0) is 18.6 Å². The van der Waals surface area contributed by atoms with Crippen LogP contribution in [0.1, 0.15) is 19.2 Å². The van der Waals surface area contributed by atoms with E-state index in [1.165, 1.54) is 5.52 Å². The van der Waals surface area contributed by atoms with Crippen molar-refractivity contribution in [3.05, 3.63) is 30.1 Å². The summed E-state index contributed by atoms with van der Waals surface area (Å²) in [5.41, 5.74) is 2.24. The van der Waals surface area contributed by atoms with Gasteiger partial charge in [0.15, 0.2) is 6.29 Å². The average molecular weight is 277 g/mol. The monoisotopic (exact) mass is 277 g/mol. The van der Waals surface area contributed by atoms with Crippen LogP contribution in [0.15, 0.2) is 24.3 Å². The minimum absolute atomic E-state index is 0.223. The topological polar surface area (TPSA) is 48.3 Å². The molecule has 1 N–H and O–H groups in total. The van der Waals surface area contributed by atoms with E-state index in [1.807, 2.05) is 6.07 Å². The highest BCUT2D eigenvalue weighted by molar-refractivity contribution is 5.75. The molecule has 5 heteroatoms. The number of hydrogen-bond acceptors (Lipinski definition) is 4. The van der Waals surface area contributed by atoms with Crippen molar-refractivity contribution in [2.45, 2.75) is 32.7 Å². The molecule has 0 fully saturated rings. The largest absolute Gasteiger partial charge is 0.355 e. The molecule has 0 bridgehead atoms. The maximum Gasteiger partial charge on any atom is 0.169 e. The smallest absolute Gasteiger partial charge is 0.169 e. The number of aryl methyl sites for hydroxylation is 1. The normalized spacial score (nSPS) is 11.6. The molecule has 2 rings (SSSR count). The van der Waals surface area contributed by atoms with Crippen LogP contribution in [-0.2, 0) is 22.6 Å². The van der Waals surface area contributed by atoms with Gasteiger partial charge < -0.3 is 19.4 Å². The summed E-state index contributed by atoms with van der Waals surface area (Å²) in [5.74, 6) is 1.05. The highest BCUT2D eigenvalue weighted by atomic mass is 16.7. The van der Waals surface area contributed by atoms with Crippen LogP contribution < -0.4 is 5.32 Å². The fraction of sp³-hybridized carbons (Fsp3) is 0.533. The number of benzene rings is 1. The molecule has 20 heavy (non-hydrogen) atoms. The lowest BCUT2D eigenvalue weighted by Gasteiger charge is -2.14. The molecule has 1 aromatic carbocycles. The summed E-state index contributed by atoms with van der Waals surface area (Å²) >= 11 is 0. The van der Waals surface area contributed by atoms with Gasteiger partial charge in [0.1, 0.15) is 5.82 Å². The first-order chi connectivity index (χ1) is 9.80. The minimum Gasteiger partial charge on any atom is -0.355 e. The molecule has 110 valence electrons. The van der Waals surface area contributed by atoms with E-state index in [0.29, 0.717) is 13.1 Å². The van der Waals surface area contributed by atoms with Crippen LogP contribution in [0.4, 0.5) is 0 Å². The van der Waals surface area contributed by atoms with Gasteiger partial charge in [-0.2, -0.15) is 0 Å². The van der Waals surface area contributed by atoms with Crippen molar-refractivity contribution in [3.8, 4) is 0 Å². The zero-order chi connectivity index (χ0) is 14.4. The average Bonchev–Trinajstić information content (AvgIpc) is 2.82. The quantitative estimate of drug-likeness (QED) is 0.751. The first-order valence-electron chi connectivity index (χ1n) is 7.00. The second kappa shape index (κ2) is 7.38.